The van der Waals surface area contributed by atoms with Crippen LogP contribution in [0.2, 0.25) is 0 Å². The number of likely N-dealkylation sites (tertiary alicyclic amines) is 1. The van der Waals surface area contributed by atoms with Gasteiger partial charge in [0, 0.05) is 31.9 Å². The minimum absolute atomic E-state index is 0.0648. The molecular weight excluding hydrogens is 308 g/mol. The van der Waals surface area contributed by atoms with Gasteiger partial charge in [-0.05, 0) is 26.7 Å². The summed E-state index contributed by atoms with van der Waals surface area (Å²) in [6.45, 7) is 8.02. The normalized spacial score (nSPS) is 21.8. The third kappa shape index (κ3) is 3.61. The molecule has 0 N–H and O–H groups in total. The average molecular weight is 334 g/mol. The molecule has 7 heteroatoms. The van der Waals surface area contributed by atoms with E-state index in [-0.39, 0.29) is 17.7 Å². The van der Waals surface area contributed by atoms with Gasteiger partial charge in [-0.25, -0.2) is 4.98 Å². The van der Waals surface area contributed by atoms with Gasteiger partial charge in [0.15, 0.2) is 0 Å². The van der Waals surface area contributed by atoms with Crippen molar-refractivity contribution in [2.24, 2.45) is 5.92 Å². The molecule has 0 radical (unpaired) electrons. The first-order valence-electron chi connectivity index (χ1n) is 8.69. The van der Waals surface area contributed by atoms with Crippen molar-refractivity contribution < 1.29 is 14.3 Å². The van der Waals surface area contributed by atoms with Crippen LogP contribution in [0.5, 0.6) is 0 Å². The molecule has 2 aliphatic heterocycles. The number of piperidine rings is 1. The van der Waals surface area contributed by atoms with Gasteiger partial charge in [-0.3, -0.25) is 9.59 Å². The zero-order valence-electron chi connectivity index (χ0n) is 14.5. The number of aryl methyl sites for hydroxylation is 1. The highest BCUT2D eigenvalue weighted by molar-refractivity contribution is 5.81. The number of aromatic nitrogens is 2. The summed E-state index contributed by atoms with van der Waals surface area (Å²) >= 11 is 0. The van der Waals surface area contributed by atoms with E-state index in [2.05, 4.69) is 4.98 Å². The first-order valence-corrected chi connectivity index (χ1v) is 8.69. The lowest BCUT2D eigenvalue weighted by Crippen LogP contribution is -2.50. The number of ether oxygens (including phenoxy) is 1. The number of carbonyl (C=O) groups excluding carboxylic acids is 2. The SMILES string of the molecule is Cc1ncn(CC(=O)N2CCCC(C(=O)N3CCOCC3)C2)c1C. The van der Waals surface area contributed by atoms with E-state index in [1.807, 2.05) is 28.2 Å². The lowest BCUT2D eigenvalue weighted by atomic mass is 9.96. The lowest BCUT2D eigenvalue weighted by Gasteiger charge is -2.36. The summed E-state index contributed by atoms with van der Waals surface area (Å²) in [5, 5.41) is 0. The molecule has 0 spiro atoms. The van der Waals surface area contributed by atoms with Gasteiger partial charge in [0.25, 0.3) is 0 Å². The van der Waals surface area contributed by atoms with Crippen molar-refractivity contribution in [1.82, 2.24) is 19.4 Å². The Morgan fingerprint density at radius 1 is 1.21 bits per heavy atom. The highest BCUT2D eigenvalue weighted by atomic mass is 16.5. The van der Waals surface area contributed by atoms with E-state index < -0.39 is 0 Å². The Bertz CT molecular complexity index is 607. The van der Waals surface area contributed by atoms with Crippen molar-refractivity contribution in [1.29, 1.82) is 0 Å². The van der Waals surface area contributed by atoms with Crippen LogP contribution in [0.1, 0.15) is 24.2 Å². The van der Waals surface area contributed by atoms with E-state index in [4.69, 9.17) is 4.74 Å². The fourth-order valence-corrected chi connectivity index (χ4v) is 3.40. The second kappa shape index (κ2) is 7.34. The Kier molecular flexibility index (Phi) is 5.18. The maximum Gasteiger partial charge on any atom is 0.242 e. The Morgan fingerprint density at radius 2 is 1.96 bits per heavy atom. The number of carbonyl (C=O) groups is 2. The molecule has 3 rings (SSSR count). The first kappa shape index (κ1) is 17.0. The quantitative estimate of drug-likeness (QED) is 0.812. The number of imidazole rings is 1. The molecule has 0 bridgehead atoms. The topological polar surface area (TPSA) is 67.7 Å². The Labute approximate surface area is 142 Å². The molecule has 2 aliphatic rings. The van der Waals surface area contributed by atoms with Gasteiger partial charge >= 0.3 is 0 Å². The van der Waals surface area contributed by atoms with Crippen molar-refractivity contribution in [2.75, 3.05) is 39.4 Å². The summed E-state index contributed by atoms with van der Waals surface area (Å²) in [6.07, 6.45) is 3.46. The minimum Gasteiger partial charge on any atom is -0.378 e. The van der Waals surface area contributed by atoms with Gasteiger partial charge in [-0.1, -0.05) is 0 Å². The minimum atomic E-state index is -0.0774. The number of morpholine rings is 1. The Morgan fingerprint density at radius 3 is 2.62 bits per heavy atom. The summed E-state index contributed by atoms with van der Waals surface area (Å²) in [6, 6.07) is 0. The first-order chi connectivity index (χ1) is 11.6. The molecule has 0 aromatic carbocycles. The monoisotopic (exact) mass is 334 g/mol. The number of amides is 2. The number of hydrogen-bond donors (Lipinski definition) is 0. The van der Waals surface area contributed by atoms with Crippen LogP contribution in [0, 0.1) is 19.8 Å². The van der Waals surface area contributed by atoms with Crippen LogP contribution in [0.25, 0.3) is 0 Å². The van der Waals surface area contributed by atoms with Gasteiger partial charge in [0.05, 0.1) is 31.2 Å². The largest absolute Gasteiger partial charge is 0.378 e. The van der Waals surface area contributed by atoms with Crippen molar-refractivity contribution in [2.45, 2.75) is 33.2 Å². The average Bonchev–Trinajstić information content (AvgIpc) is 2.94. The van der Waals surface area contributed by atoms with E-state index in [0.717, 1.165) is 30.8 Å². The third-order valence-corrected chi connectivity index (χ3v) is 5.10. The molecule has 1 unspecified atom stereocenters. The van der Waals surface area contributed by atoms with Crippen molar-refractivity contribution in [3.63, 3.8) is 0 Å². The second-order valence-corrected chi connectivity index (χ2v) is 6.66. The van der Waals surface area contributed by atoms with Crippen LogP contribution in [0.4, 0.5) is 0 Å². The number of hydrogen-bond acceptors (Lipinski definition) is 4. The molecule has 2 amide bonds. The van der Waals surface area contributed by atoms with Gasteiger partial charge in [0.1, 0.15) is 6.54 Å². The van der Waals surface area contributed by atoms with Gasteiger partial charge in [0.2, 0.25) is 11.8 Å². The van der Waals surface area contributed by atoms with Crippen LogP contribution in [-0.2, 0) is 20.9 Å². The summed E-state index contributed by atoms with van der Waals surface area (Å²) in [7, 11) is 0. The van der Waals surface area contributed by atoms with E-state index in [1.165, 1.54) is 0 Å². The maximum absolute atomic E-state index is 12.7. The Balaban J connectivity index is 1.59. The highest BCUT2D eigenvalue weighted by Crippen LogP contribution is 2.20. The van der Waals surface area contributed by atoms with Crippen LogP contribution >= 0.6 is 0 Å². The fourth-order valence-electron chi connectivity index (χ4n) is 3.40. The molecule has 1 aromatic rings. The fraction of sp³-hybridized carbons (Fsp3) is 0.706. The van der Waals surface area contributed by atoms with E-state index >= 15 is 0 Å². The maximum atomic E-state index is 12.7. The molecule has 2 saturated heterocycles. The highest BCUT2D eigenvalue weighted by Gasteiger charge is 2.31. The van der Waals surface area contributed by atoms with Crippen molar-refractivity contribution in [3.8, 4) is 0 Å². The predicted molar refractivity (Wildman–Crippen MR) is 88.4 cm³/mol. The van der Waals surface area contributed by atoms with Crippen LogP contribution in [0.3, 0.4) is 0 Å². The molecular formula is C17H26N4O3. The molecule has 7 nitrogen and oxygen atoms in total. The second-order valence-electron chi connectivity index (χ2n) is 6.66. The zero-order valence-corrected chi connectivity index (χ0v) is 14.5. The molecule has 0 aliphatic carbocycles. The van der Waals surface area contributed by atoms with E-state index in [1.54, 1.807) is 6.33 Å². The van der Waals surface area contributed by atoms with E-state index in [0.29, 0.717) is 39.4 Å². The molecule has 24 heavy (non-hydrogen) atoms. The van der Waals surface area contributed by atoms with Crippen molar-refractivity contribution >= 4 is 11.8 Å². The van der Waals surface area contributed by atoms with Gasteiger partial charge < -0.3 is 19.1 Å². The van der Waals surface area contributed by atoms with Gasteiger partial charge in [-0.15, -0.1) is 0 Å². The molecule has 2 fully saturated rings. The molecule has 0 saturated carbocycles. The van der Waals surface area contributed by atoms with Crippen LogP contribution in [0.15, 0.2) is 6.33 Å². The predicted octanol–water partition coefficient (Wildman–Crippen LogP) is 0.597. The Hall–Kier alpha value is -1.89. The standard InChI is InChI=1S/C17H26N4O3/c1-13-14(2)21(12-18-13)11-16(22)20-5-3-4-15(10-20)17(23)19-6-8-24-9-7-19/h12,15H,3-11H2,1-2H3. The summed E-state index contributed by atoms with van der Waals surface area (Å²) in [4.78, 5) is 33.2. The van der Waals surface area contributed by atoms with Crippen molar-refractivity contribution in [3.05, 3.63) is 17.7 Å². The van der Waals surface area contributed by atoms with E-state index in [9.17, 15) is 9.59 Å². The number of nitrogens with zero attached hydrogens (tertiary/aromatic N) is 4. The smallest absolute Gasteiger partial charge is 0.242 e. The van der Waals surface area contributed by atoms with Crippen LogP contribution < -0.4 is 0 Å². The third-order valence-electron chi connectivity index (χ3n) is 5.10. The summed E-state index contributed by atoms with van der Waals surface area (Å²) in [5.41, 5.74) is 1.96. The van der Waals surface area contributed by atoms with Crippen LogP contribution in [-0.4, -0.2) is 70.6 Å². The molecule has 132 valence electrons. The lowest BCUT2D eigenvalue weighted by molar-refractivity contribution is -0.144. The number of rotatable bonds is 3. The zero-order chi connectivity index (χ0) is 17.1. The summed E-state index contributed by atoms with van der Waals surface area (Å²) < 4.78 is 7.19. The molecule has 1 aromatic heterocycles. The molecule has 1 atom stereocenters. The van der Waals surface area contributed by atoms with Gasteiger partial charge in [-0.2, -0.15) is 0 Å². The summed E-state index contributed by atoms with van der Waals surface area (Å²) in [5.74, 6) is 0.159. The molecule has 3 heterocycles.